The van der Waals surface area contributed by atoms with Gasteiger partial charge in [-0.3, -0.25) is 0 Å². The van der Waals surface area contributed by atoms with E-state index in [0.717, 1.165) is 5.56 Å². The zero-order chi connectivity index (χ0) is 10.9. The molecule has 1 N–H and O–H groups in total. The molecule has 1 aromatic rings. The lowest BCUT2D eigenvalue weighted by Gasteiger charge is -2.20. The van der Waals surface area contributed by atoms with E-state index in [1.807, 2.05) is 20.8 Å². The van der Waals surface area contributed by atoms with Crippen LogP contribution in [0.4, 0.5) is 8.78 Å². The minimum Gasteiger partial charge on any atom is -0.507 e. The van der Waals surface area contributed by atoms with Crippen LogP contribution in [0.3, 0.4) is 0 Å². The van der Waals surface area contributed by atoms with Gasteiger partial charge in [-0.15, -0.1) is 0 Å². The average Bonchev–Trinajstić information content (AvgIpc) is 2.02. The van der Waals surface area contributed by atoms with E-state index in [1.54, 1.807) is 6.07 Å². The number of alkyl halides is 2. The molecule has 0 saturated carbocycles. The van der Waals surface area contributed by atoms with Crippen molar-refractivity contribution in [1.29, 1.82) is 0 Å². The van der Waals surface area contributed by atoms with Crippen LogP contribution >= 0.6 is 0 Å². The van der Waals surface area contributed by atoms with Crippen molar-refractivity contribution >= 4 is 0 Å². The first kappa shape index (κ1) is 11.0. The molecule has 3 heteroatoms. The van der Waals surface area contributed by atoms with Gasteiger partial charge in [0.1, 0.15) is 5.75 Å². The molecular formula is C11H14F2O. The highest BCUT2D eigenvalue weighted by Gasteiger charge is 2.19. The van der Waals surface area contributed by atoms with Crippen LogP contribution in [0.25, 0.3) is 0 Å². The van der Waals surface area contributed by atoms with Gasteiger partial charge in [-0.1, -0.05) is 26.8 Å². The van der Waals surface area contributed by atoms with E-state index in [1.165, 1.54) is 12.1 Å². The van der Waals surface area contributed by atoms with Crippen LogP contribution < -0.4 is 0 Å². The van der Waals surface area contributed by atoms with Crippen LogP contribution in [0, 0.1) is 0 Å². The Kier molecular flexibility index (Phi) is 2.79. The van der Waals surface area contributed by atoms with Crippen LogP contribution in [0.15, 0.2) is 18.2 Å². The zero-order valence-corrected chi connectivity index (χ0v) is 8.51. The molecule has 0 aliphatic carbocycles. The molecule has 0 saturated heterocycles. The molecule has 0 aliphatic heterocycles. The van der Waals surface area contributed by atoms with Gasteiger partial charge in [0.2, 0.25) is 0 Å². The van der Waals surface area contributed by atoms with Gasteiger partial charge in [0.05, 0.1) is 5.56 Å². The summed E-state index contributed by atoms with van der Waals surface area (Å²) in [4.78, 5) is 0. The molecule has 0 unspecified atom stereocenters. The Labute approximate surface area is 82.4 Å². The van der Waals surface area contributed by atoms with E-state index in [9.17, 15) is 13.9 Å². The first-order valence-corrected chi connectivity index (χ1v) is 4.44. The number of aromatic hydroxyl groups is 1. The zero-order valence-electron chi connectivity index (χ0n) is 8.51. The van der Waals surface area contributed by atoms with Crippen molar-refractivity contribution in [3.05, 3.63) is 29.3 Å². The number of hydrogen-bond acceptors (Lipinski definition) is 1. The summed E-state index contributed by atoms with van der Waals surface area (Å²) in [6, 6.07) is 4.35. The third-order valence-corrected chi connectivity index (χ3v) is 2.13. The highest BCUT2D eigenvalue weighted by molar-refractivity contribution is 5.39. The highest BCUT2D eigenvalue weighted by Crippen LogP contribution is 2.32. The molecule has 0 fully saturated rings. The molecule has 0 aromatic heterocycles. The SMILES string of the molecule is CC(C)(C)c1ccc(O)c(C(F)F)c1. The van der Waals surface area contributed by atoms with Gasteiger partial charge in [-0.25, -0.2) is 8.78 Å². The maximum atomic E-state index is 12.4. The number of phenols is 1. The topological polar surface area (TPSA) is 20.2 Å². The van der Waals surface area contributed by atoms with Crippen LogP contribution in [-0.4, -0.2) is 5.11 Å². The van der Waals surface area contributed by atoms with E-state index in [0.29, 0.717) is 0 Å². The lowest BCUT2D eigenvalue weighted by Crippen LogP contribution is -2.11. The molecule has 0 amide bonds. The normalized spacial score (nSPS) is 12.1. The van der Waals surface area contributed by atoms with Gasteiger partial charge < -0.3 is 5.11 Å². The summed E-state index contributed by atoms with van der Waals surface area (Å²) in [6.07, 6.45) is -2.63. The standard InChI is InChI=1S/C11H14F2O/c1-11(2,3)7-4-5-9(14)8(6-7)10(12)13/h4-6,10,14H,1-3H3. The lowest BCUT2D eigenvalue weighted by atomic mass is 9.86. The Morgan fingerprint density at radius 1 is 1.21 bits per heavy atom. The highest BCUT2D eigenvalue weighted by atomic mass is 19.3. The van der Waals surface area contributed by atoms with Crippen molar-refractivity contribution in [2.75, 3.05) is 0 Å². The van der Waals surface area contributed by atoms with Crippen LogP contribution in [-0.2, 0) is 5.41 Å². The van der Waals surface area contributed by atoms with E-state index in [2.05, 4.69) is 0 Å². The second kappa shape index (κ2) is 3.56. The summed E-state index contributed by atoms with van der Waals surface area (Å²) in [5, 5.41) is 9.19. The molecular weight excluding hydrogens is 186 g/mol. The predicted octanol–water partition coefficient (Wildman–Crippen LogP) is 3.63. The number of rotatable bonds is 1. The third kappa shape index (κ3) is 2.22. The number of phenolic OH excluding ortho intramolecular Hbond substituents is 1. The van der Waals surface area contributed by atoms with Crippen LogP contribution in [0.1, 0.15) is 38.3 Å². The second-order valence-corrected chi connectivity index (χ2v) is 4.32. The molecule has 0 aliphatic rings. The fraction of sp³-hybridized carbons (Fsp3) is 0.455. The van der Waals surface area contributed by atoms with Crippen LogP contribution in [0.5, 0.6) is 5.75 Å². The van der Waals surface area contributed by atoms with Crippen molar-refractivity contribution in [2.24, 2.45) is 0 Å². The molecule has 78 valence electrons. The van der Waals surface area contributed by atoms with Gasteiger partial charge in [0.15, 0.2) is 0 Å². The Balaban J connectivity index is 3.20. The Bertz CT molecular complexity index is 327. The van der Waals surface area contributed by atoms with E-state index in [4.69, 9.17) is 0 Å². The van der Waals surface area contributed by atoms with Crippen molar-refractivity contribution in [2.45, 2.75) is 32.6 Å². The van der Waals surface area contributed by atoms with Crippen molar-refractivity contribution in [1.82, 2.24) is 0 Å². The first-order chi connectivity index (χ1) is 6.32. The lowest BCUT2D eigenvalue weighted by molar-refractivity contribution is 0.147. The fourth-order valence-corrected chi connectivity index (χ4v) is 1.20. The Morgan fingerprint density at radius 2 is 1.79 bits per heavy atom. The number of hydrogen-bond donors (Lipinski definition) is 1. The van der Waals surface area contributed by atoms with E-state index in [-0.39, 0.29) is 16.7 Å². The molecule has 0 heterocycles. The molecule has 1 rings (SSSR count). The number of benzene rings is 1. The summed E-state index contributed by atoms with van der Waals surface area (Å²) in [5.41, 5.74) is 0.320. The van der Waals surface area contributed by atoms with E-state index < -0.39 is 6.43 Å². The summed E-state index contributed by atoms with van der Waals surface area (Å²) < 4.78 is 24.9. The van der Waals surface area contributed by atoms with Gasteiger partial charge in [-0.2, -0.15) is 0 Å². The Morgan fingerprint density at radius 3 is 2.21 bits per heavy atom. The average molecular weight is 200 g/mol. The Hall–Kier alpha value is -1.12. The van der Waals surface area contributed by atoms with E-state index >= 15 is 0 Å². The molecule has 14 heavy (non-hydrogen) atoms. The molecule has 1 aromatic carbocycles. The first-order valence-electron chi connectivity index (χ1n) is 4.44. The molecule has 0 atom stereocenters. The monoisotopic (exact) mass is 200 g/mol. The quantitative estimate of drug-likeness (QED) is 0.734. The summed E-state index contributed by atoms with van der Waals surface area (Å²) >= 11 is 0. The largest absolute Gasteiger partial charge is 0.507 e. The van der Waals surface area contributed by atoms with Crippen molar-refractivity contribution < 1.29 is 13.9 Å². The molecule has 0 bridgehead atoms. The van der Waals surface area contributed by atoms with Crippen molar-refractivity contribution in [3.8, 4) is 5.75 Å². The number of halogens is 2. The summed E-state index contributed by atoms with van der Waals surface area (Å²) in [7, 11) is 0. The fourth-order valence-electron chi connectivity index (χ4n) is 1.20. The second-order valence-electron chi connectivity index (χ2n) is 4.32. The molecule has 1 nitrogen and oxygen atoms in total. The minimum atomic E-state index is -2.63. The maximum absolute atomic E-state index is 12.4. The smallest absolute Gasteiger partial charge is 0.267 e. The minimum absolute atomic E-state index is 0.183. The summed E-state index contributed by atoms with van der Waals surface area (Å²) in [5.74, 6) is -0.340. The van der Waals surface area contributed by atoms with Gasteiger partial charge in [0.25, 0.3) is 6.43 Å². The van der Waals surface area contributed by atoms with Gasteiger partial charge in [-0.05, 0) is 23.1 Å². The summed E-state index contributed by atoms with van der Waals surface area (Å²) in [6.45, 7) is 5.82. The van der Waals surface area contributed by atoms with Gasteiger partial charge >= 0.3 is 0 Å². The molecule has 0 radical (unpaired) electrons. The van der Waals surface area contributed by atoms with Gasteiger partial charge in [0, 0.05) is 0 Å². The van der Waals surface area contributed by atoms with Crippen LogP contribution in [0.2, 0.25) is 0 Å². The van der Waals surface area contributed by atoms with Crippen molar-refractivity contribution in [3.63, 3.8) is 0 Å². The predicted molar refractivity (Wildman–Crippen MR) is 51.8 cm³/mol. The third-order valence-electron chi connectivity index (χ3n) is 2.13. The maximum Gasteiger partial charge on any atom is 0.267 e. The molecule has 0 spiro atoms.